The van der Waals surface area contributed by atoms with Gasteiger partial charge in [0.05, 0.1) is 12.2 Å². The standard InChI is InChI=1S/C19H30O2/c1-3-5-7-9-13-17(12-6-4-2)16-21-19(20)18-14-10-8-11-15-18/h8,10-11,14-15,17H,3-7,9,12-13,16H2,1-2H3. The molecule has 1 aromatic carbocycles. The Bertz CT molecular complexity index is 372. The summed E-state index contributed by atoms with van der Waals surface area (Å²) in [6.07, 6.45) is 9.91. The highest BCUT2D eigenvalue weighted by Crippen LogP contribution is 2.18. The maximum atomic E-state index is 12.0. The van der Waals surface area contributed by atoms with Crippen LogP contribution >= 0.6 is 0 Å². The third-order valence-electron chi connectivity index (χ3n) is 3.89. The van der Waals surface area contributed by atoms with E-state index in [4.69, 9.17) is 4.74 Å². The minimum absolute atomic E-state index is 0.189. The van der Waals surface area contributed by atoms with Crippen molar-refractivity contribution in [1.29, 1.82) is 0 Å². The number of esters is 1. The summed E-state index contributed by atoms with van der Waals surface area (Å²) in [5.41, 5.74) is 0.651. The molecule has 0 amide bonds. The van der Waals surface area contributed by atoms with Crippen LogP contribution in [-0.2, 0) is 4.74 Å². The normalized spacial score (nSPS) is 12.1. The van der Waals surface area contributed by atoms with Gasteiger partial charge in [0.15, 0.2) is 0 Å². The van der Waals surface area contributed by atoms with Crippen LogP contribution in [0.15, 0.2) is 30.3 Å². The van der Waals surface area contributed by atoms with Crippen LogP contribution in [0.5, 0.6) is 0 Å². The van der Waals surface area contributed by atoms with E-state index >= 15 is 0 Å². The van der Waals surface area contributed by atoms with Crippen molar-refractivity contribution in [3.05, 3.63) is 35.9 Å². The molecule has 0 bridgehead atoms. The summed E-state index contributed by atoms with van der Waals surface area (Å²) in [4.78, 5) is 12.0. The van der Waals surface area contributed by atoms with Crippen molar-refractivity contribution >= 4 is 5.97 Å². The van der Waals surface area contributed by atoms with Gasteiger partial charge in [0.1, 0.15) is 0 Å². The maximum Gasteiger partial charge on any atom is 0.338 e. The molecule has 0 saturated heterocycles. The van der Waals surface area contributed by atoms with E-state index in [0.717, 1.165) is 0 Å². The molecule has 1 atom stereocenters. The van der Waals surface area contributed by atoms with Gasteiger partial charge >= 0.3 is 5.97 Å². The first kappa shape index (κ1) is 17.7. The Balaban J connectivity index is 2.35. The van der Waals surface area contributed by atoms with Gasteiger partial charge in [-0.25, -0.2) is 4.79 Å². The van der Waals surface area contributed by atoms with E-state index < -0.39 is 0 Å². The molecular formula is C19H30O2. The van der Waals surface area contributed by atoms with Crippen molar-refractivity contribution < 1.29 is 9.53 Å². The summed E-state index contributed by atoms with van der Waals surface area (Å²) < 4.78 is 5.51. The topological polar surface area (TPSA) is 26.3 Å². The zero-order valence-electron chi connectivity index (χ0n) is 13.6. The molecule has 118 valence electrons. The van der Waals surface area contributed by atoms with Gasteiger partial charge in [-0.05, 0) is 30.9 Å². The van der Waals surface area contributed by atoms with E-state index in [0.29, 0.717) is 18.1 Å². The molecule has 1 unspecified atom stereocenters. The first-order valence-electron chi connectivity index (χ1n) is 8.50. The summed E-state index contributed by atoms with van der Waals surface area (Å²) in [6.45, 7) is 5.01. The predicted octanol–water partition coefficient (Wildman–Crippen LogP) is 5.62. The number of hydrogen-bond donors (Lipinski definition) is 0. The van der Waals surface area contributed by atoms with E-state index in [9.17, 15) is 4.79 Å². The van der Waals surface area contributed by atoms with Gasteiger partial charge in [-0.1, -0.05) is 70.6 Å². The van der Waals surface area contributed by atoms with Crippen LogP contribution in [-0.4, -0.2) is 12.6 Å². The monoisotopic (exact) mass is 290 g/mol. The van der Waals surface area contributed by atoms with Crippen LogP contribution in [0.1, 0.15) is 75.6 Å². The number of unbranched alkanes of at least 4 members (excludes halogenated alkanes) is 4. The summed E-state index contributed by atoms with van der Waals surface area (Å²) in [6, 6.07) is 9.27. The second kappa shape index (κ2) is 11.4. The largest absolute Gasteiger partial charge is 0.462 e. The van der Waals surface area contributed by atoms with E-state index in [1.807, 2.05) is 30.3 Å². The molecule has 21 heavy (non-hydrogen) atoms. The molecule has 0 aliphatic heterocycles. The van der Waals surface area contributed by atoms with Crippen LogP contribution in [0.25, 0.3) is 0 Å². The minimum Gasteiger partial charge on any atom is -0.462 e. The van der Waals surface area contributed by atoms with Crippen LogP contribution in [0.3, 0.4) is 0 Å². The van der Waals surface area contributed by atoms with Crippen molar-refractivity contribution in [3.8, 4) is 0 Å². The molecule has 1 aromatic rings. The fourth-order valence-corrected chi connectivity index (χ4v) is 2.51. The quantitative estimate of drug-likeness (QED) is 0.390. The van der Waals surface area contributed by atoms with Gasteiger partial charge < -0.3 is 4.74 Å². The van der Waals surface area contributed by atoms with Gasteiger partial charge in [0.2, 0.25) is 0 Å². The fraction of sp³-hybridized carbons (Fsp3) is 0.632. The van der Waals surface area contributed by atoms with E-state index in [1.54, 1.807) is 0 Å². The van der Waals surface area contributed by atoms with Gasteiger partial charge in [-0.2, -0.15) is 0 Å². The molecule has 0 heterocycles. The van der Waals surface area contributed by atoms with E-state index in [2.05, 4.69) is 13.8 Å². The highest BCUT2D eigenvalue weighted by molar-refractivity contribution is 5.89. The maximum absolute atomic E-state index is 12.0. The Labute approximate surface area is 129 Å². The molecular weight excluding hydrogens is 260 g/mol. The smallest absolute Gasteiger partial charge is 0.338 e. The lowest BCUT2D eigenvalue weighted by Crippen LogP contribution is -2.14. The first-order valence-corrected chi connectivity index (χ1v) is 8.50. The molecule has 2 heteroatoms. The van der Waals surface area contributed by atoms with Gasteiger partial charge in [-0.15, -0.1) is 0 Å². The molecule has 0 radical (unpaired) electrons. The second-order valence-corrected chi connectivity index (χ2v) is 5.82. The minimum atomic E-state index is -0.189. The number of ether oxygens (including phenoxy) is 1. The Hall–Kier alpha value is -1.31. The zero-order valence-corrected chi connectivity index (χ0v) is 13.6. The van der Waals surface area contributed by atoms with Crippen LogP contribution in [0.4, 0.5) is 0 Å². The number of carbonyl (C=O) groups is 1. The number of hydrogen-bond acceptors (Lipinski definition) is 2. The van der Waals surface area contributed by atoms with Crippen LogP contribution < -0.4 is 0 Å². The molecule has 0 saturated carbocycles. The van der Waals surface area contributed by atoms with Crippen molar-refractivity contribution in [1.82, 2.24) is 0 Å². The van der Waals surface area contributed by atoms with Crippen molar-refractivity contribution in [2.45, 2.75) is 65.2 Å². The van der Waals surface area contributed by atoms with Crippen molar-refractivity contribution in [2.75, 3.05) is 6.61 Å². The molecule has 0 aliphatic rings. The fourth-order valence-electron chi connectivity index (χ4n) is 2.51. The van der Waals surface area contributed by atoms with Gasteiger partial charge in [0, 0.05) is 0 Å². The number of benzene rings is 1. The molecule has 0 spiro atoms. The Morgan fingerprint density at radius 2 is 1.62 bits per heavy atom. The van der Waals surface area contributed by atoms with Crippen LogP contribution in [0.2, 0.25) is 0 Å². The molecule has 1 rings (SSSR count). The third-order valence-corrected chi connectivity index (χ3v) is 3.89. The summed E-state index contributed by atoms with van der Waals surface area (Å²) in [5, 5.41) is 0. The highest BCUT2D eigenvalue weighted by atomic mass is 16.5. The van der Waals surface area contributed by atoms with Crippen molar-refractivity contribution in [2.24, 2.45) is 5.92 Å². The Morgan fingerprint density at radius 3 is 2.29 bits per heavy atom. The van der Waals surface area contributed by atoms with Gasteiger partial charge in [-0.3, -0.25) is 0 Å². The lowest BCUT2D eigenvalue weighted by Gasteiger charge is -2.16. The first-order chi connectivity index (χ1) is 10.3. The number of rotatable bonds is 11. The lowest BCUT2D eigenvalue weighted by atomic mass is 9.96. The average Bonchev–Trinajstić information content (AvgIpc) is 2.53. The molecule has 0 aromatic heterocycles. The summed E-state index contributed by atoms with van der Waals surface area (Å²) >= 11 is 0. The SMILES string of the molecule is CCCCCCC(CCCC)COC(=O)c1ccccc1. The summed E-state index contributed by atoms with van der Waals surface area (Å²) in [5.74, 6) is 0.333. The molecule has 0 N–H and O–H groups in total. The Kier molecular flexibility index (Phi) is 9.60. The van der Waals surface area contributed by atoms with Gasteiger partial charge in [0.25, 0.3) is 0 Å². The molecule has 0 aliphatic carbocycles. The lowest BCUT2D eigenvalue weighted by molar-refractivity contribution is 0.0422. The van der Waals surface area contributed by atoms with E-state index in [1.165, 1.54) is 51.4 Å². The molecule has 0 fully saturated rings. The molecule has 2 nitrogen and oxygen atoms in total. The average molecular weight is 290 g/mol. The van der Waals surface area contributed by atoms with Crippen molar-refractivity contribution in [3.63, 3.8) is 0 Å². The van der Waals surface area contributed by atoms with Crippen LogP contribution in [0, 0.1) is 5.92 Å². The zero-order chi connectivity index (χ0) is 15.3. The van der Waals surface area contributed by atoms with E-state index in [-0.39, 0.29) is 5.97 Å². The second-order valence-electron chi connectivity index (χ2n) is 5.82. The third kappa shape index (κ3) is 7.89. The predicted molar refractivity (Wildman–Crippen MR) is 88.5 cm³/mol. The summed E-state index contributed by atoms with van der Waals surface area (Å²) in [7, 11) is 0. The highest BCUT2D eigenvalue weighted by Gasteiger charge is 2.12. The Morgan fingerprint density at radius 1 is 0.952 bits per heavy atom. The number of carbonyl (C=O) groups excluding carboxylic acids is 1.